The van der Waals surface area contributed by atoms with Crippen molar-refractivity contribution in [1.29, 1.82) is 0 Å². The molecule has 0 radical (unpaired) electrons. The predicted molar refractivity (Wildman–Crippen MR) is 111 cm³/mol. The first-order valence-electron chi connectivity index (χ1n) is 8.89. The minimum Gasteiger partial charge on any atom is -0.325 e. The highest BCUT2D eigenvalue weighted by atomic mass is 32.2. The van der Waals surface area contributed by atoms with Crippen molar-refractivity contribution in [2.75, 3.05) is 11.1 Å². The number of nitrogens with one attached hydrogen (secondary N) is 1. The number of rotatable bonds is 5. The molecule has 28 heavy (non-hydrogen) atoms. The molecule has 4 rings (SSSR count). The molecule has 7 nitrogen and oxygen atoms in total. The molecule has 1 aliphatic rings. The molecule has 0 saturated carbocycles. The zero-order valence-corrected chi connectivity index (χ0v) is 17.1. The van der Waals surface area contributed by atoms with E-state index in [1.54, 1.807) is 24.3 Å². The number of nitrogens with zero attached hydrogens (tertiary/aromatic N) is 3. The summed E-state index contributed by atoms with van der Waals surface area (Å²) < 4.78 is 0. The van der Waals surface area contributed by atoms with Gasteiger partial charge in [0.15, 0.2) is 0 Å². The molecule has 2 aromatic heterocycles. The van der Waals surface area contributed by atoms with E-state index in [0.29, 0.717) is 17.1 Å². The Balaban J connectivity index is 1.50. The summed E-state index contributed by atoms with van der Waals surface area (Å²) in [4.78, 5) is 34.4. The van der Waals surface area contributed by atoms with Gasteiger partial charge in [0, 0.05) is 28.1 Å². The molecule has 0 aliphatic heterocycles. The summed E-state index contributed by atoms with van der Waals surface area (Å²) in [6.45, 7) is 3.61. The van der Waals surface area contributed by atoms with E-state index in [1.807, 2.05) is 6.92 Å². The van der Waals surface area contributed by atoms with E-state index in [0.717, 1.165) is 34.5 Å². The number of thioether (sulfide) groups is 1. The van der Waals surface area contributed by atoms with Crippen molar-refractivity contribution in [3.05, 3.63) is 50.1 Å². The van der Waals surface area contributed by atoms with Crippen LogP contribution in [0.25, 0.3) is 10.2 Å². The zero-order valence-electron chi connectivity index (χ0n) is 15.4. The highest BCUT2D eigenvalue weighted by molar-refractivity contribution is 8.00. The lowest BCUT2D eigenvalue weighted by atomic mass is 10.2. The van der Waals surface area contributed by atoms with Crippen LogP contribution in [-0.2, 0) is 17.6 Å². The molecule has 1 amide bonds. The molecule has 0 saturated heterocycles. The first-order chi connectivity index (χ1) is 13.4. The van der Waals surface area contributed by atoms with Crippen LogP contribution in [0, 0.1) is 24.0 Å². The Bertz CT molecular complexity index is 1110. The van der Waals surface area contributed by atoms with Crippen molar-refractivity contribution < 1.29 is 9.72 Å². The largest absolute Gasteiger partial charge is 0.325 e. The Hall–Kier alpha value is -2.52. The fourth-order valence-corrected chi connectivity index (χ4v) is 5.66. The summed E-state index contributed by atoms with van der Waals surface area (Å²) in [5, 5.41) is 15.6. The number of aryl methyl sites for hydroxylation is 4. The summed E-state index contributed by atoms with van der Waals surface area (Å²) in [5.74, 6) is 0.756. The molecule has 1 N–H and O–H groups in total. The molecule has 3 aromatic rings. The van der Waals surface area contributed by atoms with Crippen LogP contribution >= 0.6 is 23.1 Å². The number of aromatic nitrogens is 2. The Morgan fingerprint density at radius 2 is 2.14 bits per heavy atom. The van der Waals surface area contributed by atoms with Crippen molar-refractivity contribution in [2.45, 2.75) is 38.1 Å². The maximum atomic E-state index is 12.4. The maximum absolute atomic E-state index is 12.4. The maximum Gasteiger partial charge on any atom is 0.269 e. The molecule has 0 fully saturated rings. The van der Waals surface area contributed by atoms with Crippen molar-refractivity contribution >= 4 is 50.6 Å². The second kappa shape index (κ2) is 7.48. The highest BCUT2D eigenvalue weighted by Gasteiger charge is 2.22. The molecule has 1 aromatic carbocycles. The molecular formula is C19H18N4O3S2. The van der Waals surface area contributed by atoms with Crippen molar-refractivity contribution in [2.24, 2.45) is 0 Å². The number of anilines is 1. The third-order valence-corrected chi connectivity index (χ3v) is 6.84. The van der Waals surface area contributed by atoms with Crippen LogP contribution in [0.5, 0.6) is 0 Å². The van der Waals surface area contributed by atoms with Gasteiger partial charge in [-0.1, -0.05) is 11.8 Å². The molecule has 0 atom stereocenters. The third kappa shape index (κ3) is 3.59. The first-order valence-corrected chi connectivity index (χ1v) is 10.7. The predicted octanol–water partition coefficient (Wildman–Crippen LogP) is 4.44. The minimum absolute atomic E-state index is 0.00930. The number of nitro groups is 1. The average Bonchev–Trinajstić information content (AvgIpc) is 3.21. The van der Waals surface area contributed by atoms with E-state index in [2.05, 4.69) is 15.3 Å². The highest BCUT2D eigenvalue weighted by Crippen LogP contribution is 2.40. The summed E-state index contributed by atoms with van der Waals surface area (Å²) >= 11 is 3.15. The van der Waals surface area contributed by atoms with Gasteiger partial charge in [-0.3, -0.25) is 14.9 Å². The second-order valence-electron chi connectivity index (χ2n) is 6.71. The first kappa shape index (κ1) is 18.8. The van der Waals surface area contributed by atoms with Crippen molar-refractivity contribution in [3.8, 4) is 0 Å². The van der Waals surface area contributed by atoms with Gasteiger partial charge in [-0.05, 0) is 50.3 Å². The van der Waals surface area contributed by atoms with E-state index in [1.165, 1.54) is 34.3 Å². The van der Waals surface area contributed by atoms with Crippen LogP contribution in [0.4, 0.5) is 11.4 Å². The number of carbonyl (C=O) groups is 1. The van der Waals surface area contributed by atoms with Gasteiger partial charge in [0.2, 0.25) is 5.91 Å². The van der Waals surface area contributed by atoms with Crippen molar-refractivity contribution in [1.82, 2.24) is 9.97 Å². The number of benzene rings is 1. The summed E-state index contributed by atoms with van der Waals surface area (Å²) in [7, 11) is 0. The van der Waals surface area contributed by atoms with Gasteiger partial charge in [0.25, 0.3) is 5.69 Å². The normalized spacial score (nSPS) is 12.9. The Labute approximate surface area is 169 Å². The number of amides is 1. The van der Waals surface area contributed by atoms with Gasteiger partial charge in [-0.15, -0.1) is 11.3 Å². The smallest absolute Gasteiger partial charge is 0.269 e. The monoisotopic (exact) mass is 414 g/mol. The Morgan fingerprint density at radius 3 is 2.89 bits per heavy atom. The SMILES string of the molecule is Cc1nc(SCC(=O)Nc2ccc([N+](=O)[O-])cc2C)c2c3c(sc2n1)CCC3. The summed E-state index contributed by atoms with van der Waals surface area (Å²) in [6.07, 6.45) is 3.30. The number of hydrogen-bond acceptors (Lipinski definition) is 7. The zero-order chi connectivity index (χ0) is 19.8. The molecular weight excluding hydrogens is 396 g/mol. The van der Waals surface area contributed by atoms with Crippen LogP contribution in [0.3, 0.4) is 0 Å². The lowest BCUT2D eigenvalue weighted by Crippen LogP contribution is -2.15. The minimum atomic E-state index is -0.448. The van der Waals surface area contributed by atoms with Gasteiger partial charge in [-0.2, -0.15) is 0 Å². The number of thiophene rings is 1. The van der Waals surface area contributed by atoms with Gasteiger partial charge >= 0.3 is 0 Å². The molecule has 144 valence electrons. The van der Waals surface area contributed by atoms with E-state index in [4.69, 9.17) is 0 Å². The molecule has 0 spiro atoms. The van der Waals surface area contributed by atoms with Crippen LogP contribution in [0.15, 0.2) is 23.2 Å². The van der Waals surface area contributed by atoms with E-state index >= 15 is 0 Å². The van der Waals surface area contributed by atoms with Gasteiger partial charge in [-0.25, -0.2) is 9.97 Å². The standard InChI is InChI=1S/C19H18N4O3S2/c1-10-8-12(23(25)26)6-7-14(10)22-16(24)9-27-18-17-13-4-3-5-15(13)28-19(17)21-11(2)20-18/h6-8H,3-5,9H2,1-2H3,(H,22,24). The fraction of sp³-hybridized carbons (Fsp3) is 0.316. The summed E-state index contributed by atoms with van der Waals surface area (Å²) in [5.41, 5.74) is 2.59. The number of fused-ring (bicyclic) bond motifs is 3. The van der Waals surface area contributed by atoms with Gasteiger partial charge in [0.05, 0.1) is 10.7 Å². The number of hydrogen-bond donors (Lipinski definition) is 1. The third-order valence-electron chi connectivity index (χ3n) is 4.68. The fourth-order valence-electron chi connectivity index (χ4n) is 3.39. The number of non-ortho nitro benzene ring substituents is 1. The summed E-state index contributed by atoms with van der Waals surface area (Å²) in [6, 6.07) is 4.41. The van der Waals surface area contributed by atoms with Crippen LogP contribution in [-0.4, -0.2) is 26.6 Å². The van der Waals surface area contributed by atoms with E-state index in [-0.39, 0.29) is 17.3 Å². The molecule has 0 unspecified atom stereocenters. The lowest BCUT2D eigenvalue weighted by molar-refractivity contribution is -0.384. The van der Waals surface area contributed by atoms with Crippen LogP contribution in [0.2, 0.25) is 0 Å². The molecule has 1 aliphatic carbocycles. The number of carbonyl (C=O) groups excluding carboxylic acids is 1. The topological polar surface area (TPSA) is 98.0 Å². The second-order valence-corrected chi connectivity index (χ2v) is 8.75. The molecule has 2 heterocycles. The van der Waals surface area contributed by atoms with Crippen LogP contribution in [0.1, 0.15) is 28.2 Å². The Kier molecular flexibility index (Phi) is 5.03. The van der Waals surface area contributed by atoms with Gasteiger partial charge in [0.1, 0.15) is 15.7 Å². The molecule has 0 bridgehead atoms. The molecule has 9 heteroatoms. The van der Waals surface area contributed by atoms with E-state index < -0.39 is 4.92 Å². The van der Waals surface area contributed by atoms with Gasteiger partial charge < -0.3 is 5.32 Å². The van der Waals surface area contributed by atoms with Crippen molar-refractivity contribution in [3.63, 3.8) is 0 Å². The Morgan fingerprint density at radius 1 is 1.32 bits per heavy atom. The van der Waals surface area contributed by atoms with E-state index in [9.17, 15) is 14.9 Å². The van der Waals surface area contributed by atoms with Crippen LogP contribution < -0.4 is 5.32 Å². The quantitative estimate of drug-likeness (QED) is 0.287. The number of nitro benzene ring substituents is 1. The lowest BCUT2D eigenvalue weighted by Gasteiger charge is -2.09. The average molecular weight is 415 g/mol.